The third kappa shape index (κ3) is 9.77. The first-order chi connectivity index (χ1) is 10.3. The number of rotatable bonds is 13. The predicted octanol–water partition coefficient (Wildman–Crippen LogP) is 5.76. The summed E-state index contributed by atoms with van der Waals surface area (Å²) in [7, 11) is 0. The van der Waals surface area contributed by atoms with Gasteiger partial charge in [0.15, 0.2) is 0 Å². The van der Waals surface area contributed by atoms with E-state index in [0.29, 0.717) is 0 Å². The Morgan fingerprint density at radius 1 is 0.864 bits per heavy atom. The monoisotopic (exact) mass is 421 g/mol. The van der Waals surface area contributed by atoms with Crippen LogP contribution < -0.4 is 5.73 Å². The van der Waals surface area contributed by atoms with Crippen molar-refractivity contribution in [1.82, 2.24) is 0 Å². The van der Waals surface area contributed by atoms with Gasteiger partial charge in [0.25, 0.3) is 0 Å². The van der Waals surface area contributed by atoms with Crippen molar-refractivity contribution < 1.29 is 4.74 Å². The molecular formula is C19H43NOSn. The Labute approximate surface area is 144 Å². The summed E-state index contributed by atoms with van der Waals surface area (Å²) in [6.07, 6.45) is 8.24. The van der Waals surface area contributed by atoms with Crippen LogP contribution in [0, 0.1) is 5.41 Å². The molecule has 0 aliphatic carbocycles. The van der Waals surface area contributed by atoms with Crippen LogP contribution in [0.4, 0.5) is 0 Å². The van der Waals surface area contributed by atoms with E-state index in [1.54, 1.807) is 0 Å². The summed E-state index contributed by atoms with van der Waals surface area (Å²) in [5, 5.41) is 0. The molecule has 0 rings (SSSR count). The third-order valence-electron chi connectivity index (χ3n) is 5.00. The molecule has 134 valence electrons. The van der Waals surface area contributed by atoms with Gasteiger partial charge in [0.05, 0.1) is 0 Å². The number of ether oxygens (including phenoxy) is 1. The molecule has 0 aromatic carbocycles. The van der Waals surface area contributed by atoms with Crippen molar-refractivity contribution in [2.75, 3.05) is 11.2 Å². The van der Waals surface area contributed by atoms with Crippen molar-refractivity contribution in [1.29, 1.82) is 0 Å². The second-order valence-electron chi connectivity index (χ2n) is 8.30. The van der Waals surface area contributed by atoms with Crippen LogP contribution in [-0.2, 0) is 4.74 Å². The van der Waals surface area contributed by atoms with E-state index in [2.05, 4.69) is 41.5 Å². The fourth-order valence-corrected chi connectivity index (χ4v) is 17.3. The molecular weight excluding hydrogens is 377 g/mol. The molecule has 1 atom stereocenters. The Kier molecular flexibility index (Phi) is 12.5. The SMILES string of the molecule is CCC[CH2][Sn]([CH2]CCC)([CH2]CCC)[CH2]OC[C@H](N)C(C)(C)C. The van der Waals surface area contributed by atoms with Crippen LogP contribution in [0.5, 0.6) is 0 Å². The molecule has 0 unspecified atom stereocenters. The average Bonchev–Trinajstić information content (AvgIpc) is 2.47. The zero-order valence-electron chi connectivity index (χ0n) is 16.3. The summed E-state index contributed by atoms with van der Waals surface area (Å²) in [6.45, 7) is 14.4. The summed E-state index contributed by atoms with van der Waals surface area (Å²) in [4.78, 5) is 0. The molecule has 0 saturated heterocycles. The van der Waals surface area contributed by atoms with E-state index in [1.807, 2.05) is 0 Å². The number of hydrogen-bond acceptors (Lipinski definition) is 2. The van der Waals surface area contributed by atoms with E-state index in [9.17, 15) is 0 Å². The van der Waals surface area contributed by atoms with Gasteiger partial charge in [-0.2, -0.15) is 0 Å². The summed E-state index contributed by atoms with van der Waals surface area (Å²) >= 11 is -2.11. The van der Waals surface area contributed by atoms with Gasteiger partial charge in [-0.3, -0.25) is 0 Å². The Hall–Kier alpha value is 0.719. The van der Waals surface area contributed by atoms with Gasteiger partial charge in [-0.05, 0) is 0 Å². The maximum absolute atomic E-state index is 6.28. The van der Waals surface area contributed by atoms with E-state index in [-0.39, 0.29) is 11.5 Å². The normalized spacial score (nSPS) is 14.3. The van der Waals surface area contributed by atoms with Crippen molar-refractivity contribution >= 4 is 18.4 Å². The fourth-order valence-electron chi connectivity index (χ4n) is 2.90. The van der Waals surface area contributed by atoms with Crippen LogP contribution in [0.25, 0.3) is 0 Å². The molecule has 22 heavy (non-hydrogen) atoms. The molecule has 0 aromatic heterocycles. The van der Waals surface area contributed by atoms with Gasteiger partial charge in [-0.1, -0.05) is 0 Å². The van der Waals surface area contributed by atoms with Crippen LogP contribution >= 0.6 is 0 Å². The Bertz CT molecular complexity index is 241. The van der Waals surface area contributed by atoms with Crippen molar-refractivity contribution in [2.45, 2.75) is 99.4 Å². The predicted molar refractivity (Wildman–Crippen MR) is 103 cm³/mol. The average molecular weight is 420 g/mol. The minimum absolute atomic E-state index is 0.147. The second kappa shape index (κ2) is 12.1. The first-order valence-electron chi connectivity index (χ1n) is 9.64. The molecule has 0 aliphatic heterocycles. The molecule has 2 nitrogen and oxygen atoms in total. The van der Waals surface area contributed by atoms with Gasteiger partial charge in [0.2, 0.25) is 0 Å². The zero-order chi connectivity index (χ0) is 17.1. The van der Waals surface area contributed by atoms with E-state index in [4.69, 9.17) is 10.5 Å². The summed E-state index contributed by atoms with van der Waals surface area (Å²) < 4.78 is 11.9. The standard InChI is InChI=1S/C7H16NO.3C4H9.Sn/c1-7(2,3)6(8)5-9-4;3*1-3-4-2;/h6H,4-5,8H2,1-3H3;3*1,3-4H2,2H3;/t6-;;;;/m0..../s1. The summed E-state index contributed by atoms with van der Waals surface area (Å²) in [5.74, 6) is 0. The Morgan fingerprint density at radius 2 is 1.27 bits per heavy atom. The molecule has 0 bridgehead atoms. The molecule has 0 radical (unpaired) electrons. The first kappa shape index (κ1) is 22.7. The van der Waals surface area contributed by atoms with Crippen LogP contribution in [0.2, 0.25) is 13.3 Å². The van der Waals surface area contributed by atoms with Crippen LogP contribution in [0.3, 0.4) is 0 Å². The van der Waals surface area contributed by atoms with Crippen LogP contribution in [0.1, 0.15) is 80.1 Å². The Balaban J connectivity index is 4.64. The fraction of sp³-hybridized carbons (Fsp3) is 1.00. The maximum atomic E-state index is 6.28. The molecule has 2 N–H and O–H groups in total. The molecule has 0 spiro atoms. The number of nitrogens with two attached hydrogens (primary N) is 1. The molecule has 0 aromatic rings. The van der Waals surface area contributed by atoms with E-state index in [0.717, 1.165) is 11.2 Å². The molecule has 0 amide bonds. The molecule has 0 heterocycles. The topological polar surface area (TPSA) is 35.2 Å². The van der Waals surface area contributed by atoms with Crippen LogP contribution in [-0.4, -0.2) is 35.6 Å². The van der Waals surface area contributed by atoms with Gasteiger partial charge >= 0.3 is 145 Å². The van der Waals surface area contributed by atoms with Crippen molar-refractivity contribution in [3.05, 3.63) is 0 Å². The summed E-state index contributed by atoms with van der Waals surface area (Å²) in [6, 6.07) is 0.153. The third-order valence-corrected chi connectivity index (χ3v) is 19.4. The van der Waals surface area contributed by atoms with Gasteiger partial charge in [-0.25, -0.2) is 0 Å². The molecule has 0 aliphatic rings. The van der Waals surface area contributed by atoms with Gasteiger partial charge in [-0.15, -0.1) is 0 Å². The van der Waals surface area contributed by atoms with Gasteiger partial charge < -0.3 is 0 Å². The zero-order valence-corrected chi connectivity index (χ0v) is 19.2. The van der Waals surface area contributed by atoms with Crippen molar-refractivity contribution in [3.8, 4) is 0 Å². The minimum atomic E-state index is -2.11. The molecule has 0 fully saturated rings. The number of hydrogen-bond donors (Lipinski definition) is 1. The van der Waals surface area contributed by atoms with E-state index in [1.165, 1.54) is 51.8 Å². The molecule has 0 saturated carbocycles. The Morgan fingerprint density at radius 3 is 1.59 bits per heavy atom. The summed E-state index contributed by atoms with van der Waals surface area (Å²) in [5.41, 5.74) is 6.43. The molecule has 3 heteroatoms. The van der Waals surface area contributed by atoms with Gasteiger partial charge in [0, 0.05) is 0 Å². The first-order valence-corrected chi connectivity index (χ1v) is 17.7. The van der Waals surface area contributed by atoms with Gasteiger partial charge in [0.1, 0.15) is 0 Å². The van der Waals surface area contributed by atoms with Crippen molar-refractivity contribution in [2.24, 2.45) is 11.1 Å². The van der Waals surface area contributed by atoms with E-state index < -0.39 is 18.4 Å². The quantitative estimate of drug-likeness (QED) is 0.385. The van der Waals surface area contributed by atoms with Crippen LogP contribution in [0.15, 0.2) is 0 Å². The second-order valence-corrected chi connectivity index (χ2v) is 22.0. The van der Waals surface area contributed by atoms with E-state index >= 15 is 0 Å². The van der Waals surface area contributed by atoms with Crippen molar-refractivity contribution in [3.63, 3.8) is 0 Å². The number of unbranched alkanes of at least 4 members (excludes halogenated alkanes) is 3.